The van der Waals surface area contributed by atoms with Crippen LogP contribution in [-0.4, -0.2) is 0 Å². The van der Waals surface area contributed by atoms with Crippen LogP contribution in [0.4, 0.5) is 0 Å². The van der Waals surface area contributed by atoms with Crippen molar-refractivity contribution < 1.29 is 0 Å². The highest BCUT2D eigenvalue weighted by Crippen LogP contribution is 2.54. The summed E-state index contributed by atoms with van der Waals surface area (Å²) in [5, 5.41) is 0. The first-order chi connectivity index (χ1) is 7.38. The Kier molecular flexibility index (Phi) is 1.84. The van der Waals surface area contributed by atoms with Crippen molar-refractivity contribution in [1.82, 2.24) is 0 Å². The third kappa shape index (κ3) is 1.33. The quantitative estimate of drug-likeness (QED) is 0.593. The fraction of sp³-hybridized carbons (Fsp3) is 0.800. The lowest BCUT2D eigenvalue weighted by molar-refractivity contribution is 0.310. The fourth-order valence-corrected chi connectivity index (χ4v) is 4.91. The van der Waals surface area contributed by atoms with Gasteiger partial charge < -0.3 is 0 Å². The maximum Gasteiger partial charge on any atom is -0.0164 e. The first-order valence-corrected chi connectivity index (χ1v) is 6.91. The van der Waals surface area contributed by atoms with Gasteiger partial charge >= 0.3 is 0 Å². The standard InChI is InChI=1S/C15H21/c1-3-12-5-10(1)7-14(12)9-15-8-11-2-4-13(15)6-11/h1,3,10-13,15H,2,4-9H2. The zero-order valence-electron chi connectivity index (χ0n) is 9.49. The van der Waals surface area contributed by atoms with Gasteiger partial charge in [-0.25, -0.2) is 0 Å². The zero-order chi connectivity index (χ0) is 9.83. The third-order valence-electron chi connectivity index (χ3n) is 5.63. The van der Waals surface area contributed by atoms with Gasteiger partial charge in [0.15, 0.2) is 0 Å². The second-order valence-electron chi connectivity index (χ2n) is 6.49. The molecule has 4 bridgehead atoms. The van der Waals surface area contributed by atoms with Crippen LogP contribution < -0.4 is 0 Å². The highest BCUT2D eigenvalue weighted by molar-refractivity contribution is 5.22. The summed E-state index contributed by atoms with van der Waals surface area (Å²) < 4.78 is 0. The van der Waals surface area contributed by atoms with Crippen molar-refractivity contribution >= 4 is 0 Å². The lowest BCUT2D eigenvalue weighted by Gasteiger charge is -2.27. The Morgan fingerprint density at radius 1 is 1.07 bits per heavy atom. The normalized spacial score (nSPS) is 52.1. The number of rotatable bonds is 2. The van der Waals surface area contributed by atoms with Gasteiger partial charge in [-0.2, -0.15) is 0 Å². The Bertz CT molecular complexity index is 290. The van der Waals surface area contributed by atoms with Gasteiger partial charge in [0.2, 0.25) is 0 Å². The number of hydrogen-bond acceptors (Lipinski definition) is 0. The van der Waals surface area contributed by atoms with E-state index in [2.05, 4.69) is 12.2 Å². The summed E-state index contributed by atoms with van der Waals surface area (Å²) in [4.78, 5) is 0. The lowest BCUT2D eigenvalue weighted by atomic mass is 9.78. The van der Waals surface area contributed by atoms with Crippen molar-refractivity contribution in [2.45, 2.75) is 44.9 Å². The molecule has 3 saturated carbocycles. The molecule has 3 fully saturated rings. The van der Waals surface area contributed by atoms with Crippen LogP contribution in [-0.2, 0) is 0 Å². The maximum absolute atomic E-state index is 2.50. The highest BCUT2D eigenvalue weighted by Gasteiger charge is 2.43. The highest BCUT2D eigenvalue weighted by atomic mass is 14.5. The molecule has 81 valence electrons. The van der Waals surface area contributed by atoms with Crippen molar-refractivity contribution in [3.8, 4) is 0 Å². The molecule has 0 aliphatic heterocycles. The zero-order valence-corrected chi connectivity index (χ0v) is 9.49. The molecule has 0 saturated heterocycles. The Morgan fingerprint density at radius 3 is 2.67 bits per heavy atom. The molecule has 4 aliphatic rings. The van der Waals surface area contributed by atoms with E-state index in [1.807, 2.05) is 5.92 Å². The van der Waals surface area contributed by atoms with Gasteiger partial charge in [0.25, 0.3) is 0 Å². The molecule has 4 aliphatic carbocycles. The molecular weight excluding hydrogens is 180 g/mol. The predicted octanol–water partition coefficient (Wildman–Crippen LogP) is 3.98. The molecular formula is C15H21. The Hall–Kier alpha value is -0.260. The van der Waals surface area contributed by atoms with Gasteiger partial charge in [-0.1, -0.05) is 18.6 Å². The number of allylic oxidation sites excluding steroid dienone is 2. The largest absolute Gasteiger partial charge is 0.0851 e. The molecule has 4 rings (SSSR count). The van der Waals surface area contributed by atoms with Crippen molar-refractivity contribution in [2.75, 3.05) is 0 Å². The van der Waals surface area contributed by atoms with E-state index in [0.717, 1.165) is 29.6 Å². The predicted molar refractivity (Wildman–Crippen MR) is 62.2 cm³/mol. The van der Waals surface area contributed by atoms with Gasteiger partial charge in [0.05, 0.1) is 0 Å². The van der Waals surface area contributed by atoms with E-state index in [1.165, 1.54) is 19.3 Å². The van der Waals surface area contributed by atoms with Gasteiger partial charge in [-0.15, -0.1) is 0 Å². The van der Waals surface area contributed by atoms with E-state index in [-0.39, 0.29) is 0 Å². The SMILES string of the molecule is C1=CC2CC1C[C]2CC1CC2CCC1C2. The molecule has 0 aromatic rings. The van der Waals surface area contributed by atoms with E-state index in [1.54, 1.807) is 25.7 Å². The Labute approximate surface area is 93.1 Å². The van der Waals surface area contributed by atoms with Gasteiger partial charge in [-0.05, 0) is 74.0 Å². The van der Waals surface area contributed by atoms with Gasteiger partial charge in [-0.3, -0.25) is 0 Å². The molecule has 0 spiro atoms. The smallest absolute Gasteiger partial charge is 0.0164 e. The summed E-state index contributed by atoms with van der Waals surface area (Å²) in [6, 6.07) is 0. The average Bonchev–Trinajstić information content (AvgIpc) is 2.96. The van der Waals surface area contributed by atoms with Crippen LogP contribution in [0.3, 0.4) is 0 Å². The van der Waals surface area contributed by atoms with Crippen LogP contribution in [0.1, 0.15) is 44.9 Å². The molecule has 1 radical (unpaired) electrons. The second kappa shape index (κ2) is 3.12. The monoisotopic (exact) mass is 201 g/mol. The fourth-order valence-electron chi connectivity index (χ4n) is 4.91. The molecule has 5 unspecified atom stereocenters. The summed E-state index contributed by atoms with van der Waals surface area (Å²) in [7, 11) is 0. The van der Waals surface area contributed by atoms with E-state index in [9.17, 15) is 0 Å². The molecule has 0 heteroatoms. The van der Waals surface area contributed by atoms with Crippen molar-refractivity contribution in [2.24, 2.45) is 29.6 Å². The summed E-state index contributed by atoms with van der Waals surface area (Å²) >= 11 is 0. The third-order valence-corrected chi connectivity index (χ3v) is 5.63. The number of fused-ring (bicyclic) bond motifs is 4. The Morgan fingerprint density at radius 2 is 2.07 bits per heavy atom. The molecule has 0 heterocycles. The van der Waals surface area contributed by atoms with Crippen molar-refractivity contribution in [3.05, 3.63) is 18.1 Å². The lowest BCUT2D eigenvalue weighted by Crippen LogP contribution is -2.16. The summed E-state index contributed by atoms with van der Waals surface area (Å²) in [5.74, 6) is 7.16. The van der Waals surface area contributed by atoms with Gasteiger partial charge in [0.1, 0.15) is 0 Å². The van der Waals surface area contributed by atoms with E-state index < -0.39 is 0 Å². The molecule has 15 heavy (non-hydrogen) atoms. The minimum atomic E-state index is 0.911. The number of hydrogen-bond donors (Lipinski definition) is 0. The first-order valence-electron chi connectivity index (χ1n) is 6.91. The van der Waals surface area contributed by atoms with Crippen LogP contribution in [0.25, 0.3) is 0 Å². The van der Waals surface area contributed by atoms with Crippen molar-refractivity contribution in [3.63, 3.8) is 0 Å². The average molecular weight is 201 g/mol. The molecule has 5 atom stereocenters. The van der Waals surface area contributed by atoms with E-state index in [0.29, 0.717) is 0 Å². The maximum atomic E-state index is 2.50. The first kappa shape index (κ1) is 8.84. The van der Waals surface area contributed by atoms with Crippen LogP contribution >= 0.6 is 0 Å². The van der Waals surface area contributed by atoms with Crippen LogP contribution in [0.15, 0.2) is 12.2 Å². The minimum Gasteiger partial charge on any atom is -0.0851 e. The minimum absolute atomic E-state index is 0.911. The Balaban J connectivity index is 1.43. The topological polar surface area (TPSA) is 0 Å². The second-order valence-corrected chi connectivity index (χ2v) is 6.49. The van der Waals surface area contributed by atoms with E-state index in [4.69, 9.17) is 0 Å². The molecule has 0 N–H and O–H groups in total. The van der Waals surface area contributed by atoms with Crippen LogP contribution in [0.2, 0.25) is 0 Å². The van der Waals surface area contributed by atoms with E-state index >= 15 is 0 Å². The molecule has 0 aromatic carbocycles. The molecule has 0 amide bonds. The van der Waals surface area contributed by atoms with Crippen molar-refractivity contribution in [1.29, 1.82) is 0 Å². The molecule has 0 nitrogen and oxygen atoms in total. The molecule has 0 aromatic heterocycles. The summed E-state index contributed by atoms with van der Waals surface area (Å²) in [6.07, 6.45) is 15.7. The summed E-state index contributed by atoms with van der Waals surface area (Å²) in [5.41, 5.74) is 0. The van der Waals surface area contributed by atoms with Crippen LogP contribution in [0.5, 0.6) is 0 Å². The van der Waals surface area contributed by atoms with Crippen LogP contribution in [0, 0.1) is 35.5 Å². The van der Waals surface area contributed by atoms with Gasteiger partial charge in [0, 0.05) is 0 Å². The summed E-state index contributed by atoms with van der Waals surface area (Å²) in [6.45, 7) is 0.